The molecule has 1 unspecified atom stereocenters. The fourth-order valence-corrected chi connectivity index (χ4v) is 3.17. The van der Waals surface area contributed by atoms with Gasteiger partial charge in [-0.15, -0.1) is 11.3 Å². The molecule has 0 bridgehead atoms. The van der Waals surface area contributed by atoms with Crippen LogP contribution in [0.15, 0.2) is 36.0 Å². The molecule has 1 aromatic carbocycles. The van der Waals surface area contributed by atoms with Crippen molar-refractivity contribution in [3.63, 3.8) is 0 Å². The average Bonchev–Trinajstić information content (AvgIpc) is 2.84. The van der Waals surface area contributed by atoms with E-state index in [0.717, 1.165) is 23.2 Å². The Bertz CT molecular complexity index is 458. The molecule has 0 saturated heterocycles. The summed E-state index contributed by atoms with van der Waals surface area (Å²) in [5.74, 6) is 0.565. The number of benzene rings is 1. The third-order valence-electron chi connectivity index (χ3n) is 2.66. The fraction of sp³-hybridized carbons (Fsp3) is 0.308. The van der Waals surface area contributed by atoms with E-state index < -0.39 is 0 Å². The second-order valence-electron chi connectivity index (χ2n) is 3.99. The molecular formula is C13H13BrClNS. The van der Waals surface area contributed by atoms with Crippen LogP contribution in [0.3, 0.4) is 0 Å². The highest BCUT2D eigenvalue weighted by atomic mass is 79.9. The Balaban J connectivity index is 2.03. The highest BCUT2D eigenvalue weighted by Gasteiger charge is 2.12. The zero-order valence-electron chi connectivity index (χ0n) is 9.27. The largest absolute Gasteiger partial charge is 0.253 e. The van der Waals surface area contributed by atoms with E-state index in [1.807, 2.05) is 29.9 Å². The van der Waals surface area contributed by atoms with Crippen LogP contribution in [-0.2, 0) is 12.8 Å². The molecule has 0 N–H and O–H groups in total. The maximum absolute atomic E-state index is 6.18. The van der Waals surface area contributed by atoms with Crippen molar-refractivity contribution in [2.45, 2.75) is 12.8 Å². The molecule has 90 valence electrons. The van der Waals surface area contributed by atoms with Crippen LogP contribution in [0.5, 0.6) is 0 Å². The van der Waals surface area contributed by atoms with E-state index in [0.29, 0.717) is 5.92 Å². The Hall–Kier alpha value is -0.380. The molecule has 4 heteroatoms. The Morgan fingerprint density at radius 1 is 1.29 bits per heavy atom. The quantitative estimate of drug-likeness (QED) is 0.731. The van der Waals surface area contributed by atoms with Crippen molar-refractivity contribution in [3.05, 3.63) is 51.4 Å². The minimum absolute atomic E-state index is 0.565. The molecule has 1 atom stereocenters. The topological polar surface area (TPSA) is 12.9 Å². The van der Waals surface area contributed by atoms with Crippen LogP contribution < -0.4 is 0 Å². The van der Waals surface area contributed by atoms with Gasteiger partial charge in [-0.25, -0.2) is 0 Å². The Labute approximate surface area is 119 Å². The molecular weight excluding hydrogens is 318 g/mol. The van der Waals surface area contributed by atoms with Gasteiger partial charge in [-0.05, 0) is 30.4 Å². The standard InChI is InChI=1S/C13H13BrClNS/c14-7-10(6-12-8-16-9-17-12)5-11-3-1-2-4-13(11)15/h1-4,8-10H,5-7H2. The number of hydrogen-bond acceptors (Lipinski definition) is 2. The number of aromatic nitrogens is 1. The smallest absolute Gasteiger partial charge is 0.0794 e. The first-order valence-corrected chi connectivity index (χ1v) is 7.84. The predicted octanol–water partition coefficient (Wildman–Crippen LogP) is 4.59. The molecule has 1 heterocycles. The van der Waals surface area contributed by atoms with Crippen molar-refractivity contribution >= 4 is 38.9 Å². The first kappa shape index (κ1) is 13.1. The molecule has 2 aromatic rings. The van der Waals surface area contributed by atoms with Crippen molar-refractivity contribution < 1.29 is 0 Å². The Kier molecular flexibility index (Phi) is 5.01. The molecule has 0 spiro atoms. The van der Waals surface area contributed by atoms with E-state index in [-0.39, 0.29) is 0 Å². The van der Waals surface area contributed by atoms with E-state index in [1.165, 1.54) is 10.4 Å². The van der Waals surface area contributed by atoms with Gasteiger partial charge in [0.2, 0.25) is 0 Å². The molecule has 2 rings (SSSR count). The van der Waals surface area contributed by atoms with Crippen LogP contribution in [-0.4, -0.2) is 10.3 Å². The zero-order valence-corrected chi connectivity index (χ0v) is 12.4. The van der Waals surface area contributed by atoms with Crippen molar-refractivity contribution in [1.82, 2.24) is 4.98 Å². The monoisotopic (exact) mass is 329 g/mol. The second-order valence-corrected chi connectivity index (χ2v) is 6.01. The van der Waals surface area contributed by atoms with Gasteiger partial charge in [0.15, 0.2) is 0 Å². The zero-order chi connectivity index (χ0) is 12.1. The molecule has 1 aromatic heterocycles. The second kappa shape index (κ2) is 6.53. The molecule has 0 aliphatic heterocycles. The van der Waals surface area contributed by atoms with Gasteiger partial charge in [-0.1, -0.05) is 45.7 Å². The first-order valence-electron chi connectivity index (χ1n) is 5.46. The van der Waals surface area contributed by atoms with Crippen LogP contribution in [0.25, 0.3) is 0 Å². The van der Waals surface area contributed by atoms with Crippen molar-refractivity contribution in [1.29, 1.82) is 0 Å². The third-order valence-corrected chi connectivity index (χ3v) is 4.74. The molecule has 0 radical (unpaired) electrons. The van der Waals surface area contributed by atoms with Gasteiger partial charge < -0.3 is 0 Å². The first-order chi connectivity index (χ1) is 8.29. The number of halogens is 2. The summed E-state index contributed by atoms with van der Waals surface area (Å²) in [5.41, 5.74) is 3.11. The SMILES string of the molecule is Clc1ccccc1CC(CBr)Cc1cncs1. The minimum atomic E-state index is 0.565. The summed E-state index contributed by atoms with van der Waals surface area (Å²) in [6, 6.07) is 8.07. The Morgan fingerprint density at radius 3 is 2.76 bits per heavy atom. The summed E-state index contributed by atoms with van der Waals surface area (Å²) >= 11 is 11.5. The van der Waals surface area contributed by atoms with E-state index >= 15 is 0 Å². The van der Waals surface area contributed by atoms with E-state index in [4.69, 9.17) is 11.6 Å². The molecule has 1 nitrogen and oxygen atoms in total. The van der Waals surface area contributed by atoms with Gasteiger partial charge in [0.1, 0.15) is 0 Å². The highest BCUT2D eigenvalue weighted by Crippen LogP contribution is 2.23. The third kappa shape index (κ3) is 3.80. The summed E-state index contributed by atoms with van der Waals surface area (Å²) in [6.07, 6.45) is 4.01. The fourth-order valence-electron chi connectivity index (χ4n) is 1.78. The number of thiazole rings is 1. The van der Waals surface area contributed by atoms with Crippen LogP contribution in [0.2, 0.25) is 5.02 Å². The van der Waals surface area contributed by atoms with Crippen molar-refractivity contribution in [2.24, 2.45) is 5.92 Å². The van der Waals surface area contributed by atoms with Crippen LogP contribution >= 0.6 is 38.9 Å². The molecule has 0 saturated carbocycles. The lowest BCUT2D eigenvalue weighted by Crippen LogP contribution is -2.09. The minimum Gasteiger partial charge on any atom is -0.253 e. The number of hydrogen-bond donors (Lipinski definition) is 0. The normalized spacial score (nSPS) is 12.6. The van der Waals surface area contributed by atoms with Gasteiger partial charge in [-0.2, -0.15) is 0 Å². The molecule has 0 aliphatic carbocycles. The lowest BCUT2D eigenvalue weighted by molar-refractivity contribution is 0.596. The van der Waals surface area contributed by atoms with Gasteiger partial charge in [-0.3, -0.25) is 4.98 Å². The summed E-state index contributed by atoms with van der Waals surface area (Å²) in [5, 5.41) is 1.85. The number of nitrogens with zero attached hydrogens (tertiary/aromatic N) is 1. The molecule has 0 amide bonds. The lowest BCUT2D eigenvalue weighted by atomic mass is 9.97. The van der Waals surface area contributed by atoms with E-state index in [2.05, 4.69) is 27.0 Å². The maximum Gasteiger partial charge on any atom is 0.0794 e. The maximum atomic E-state index is 6.18. The van der Waals surface area contributed by atoms with Crippen LogP contribution in [0, 0.1) is 5.92 Å². The Morgan fingerprint density at radius 2 is 2.12 bits per heavy atom. The van der Waals surface area contributed by atoms with Crippen molar-refractivity contribution in [2.75, 3.05) is 5.33 Å². The van der Waals surface area contributed by atoms with E-state index in [9.17, 15) is 0 Å². The summed E-state index contributed by atoms with van der Waals surface area (Å²) in [4.78, 5) is 5.45. The predicted molar refractivity (Wildman–Crippen MR) is 78.3 cm³/mol. The highest BCUT2D eigenvalue weighted by molar-refractivity contribution is 9.09. The summed E-state index contributed by atoms with van der Waals surface area (Å²) < 4.78 is 0. The van der Waals surface area contributed by atoms with Gasteiger partial charge >= 0.3 is 0 Å². The average molecular weight is 331 g/mol. The summed E-state index contributed by atoms with van der Waals surface area (Å²) in [6.45, 7) is 0. The van der Waals surface area contributed by atoms with Gasteiger partial charge in [0.05, 0.1) is 5.51 Å². The molecule has 0 aliphatic rings. The van der Waals surface area contributed by atoms with Gasteiger partial charge in [0.25, 0.3) is 0 Å². The number of alkyl halides is 1. The number of rotatable bonds is 5. The van der Waals surface area contributed by atoms with Gasteiger partial charge in [0, 0.05) is 21.4 Å². The van der Waals surface area contributed by atoms with Crippen molar-refractivity contribution in [3.8, 4) is 0 Å². The van der Waals surface area contributed by atoms with Crippen LogP contribution in [0.1, 0.15) is 10.4 Å². The molecule has 17 heavy (non-hydrogen) atoms. The molecule has 0 fully saturated rings. The van der Waals surface area contributed by atoms with Crippen LogP contribution in [0.4, 0.5) is 0 Å². The lowest BCUT2D eigenvalue weighted by Gasteiger charge is -2.13. The summed E-state index contributed by atoms with van der Waals surface area (Å²) in [7, 11) is 0. The van der Waals surface area contributed by atoms with E-state index in [1.54, 1.807) is 11.3 Å².